The Labute approximate surface area is 86.7 Å². The minimum atomic E-state index is -1.05. The number of carboxylic acids is 1. The molecule has 0 heterocycles. The van der Waals surface area contributed by atoms with Crippen LogP contribution in [0.2, 0.25) is 0 Å². The molecule has 15 heavy (non-hydrogen) atoms. The van der Waals surface area contributed by atoms with Gasteiger partial charge in [-0.1, -0.05) is 6.92 Å². The van der Waals surface area contributed by atoms with E-state index in [1.54, 1.807) is 0 Å². The molecule has 1 aliphatic rings. The molecule has 0 amide bonds. The summed E-state index contributed by atoms with van der Waals surface area (Å²) in [5.74, 6) is -1.40. The van der Waals surface area contributed by atoms with Crippen LogP contribution in [-0.2, 0) is 0 Å². The Kier molecular flexibility index (Phi) is 2.23. The van der Waals surface area contributed by atoms with Gasteiger partial charge in [0.15, 0.2) is 0 Å². The first-order valence-electron chi connectivity index (χ1n) is 4.83. The highest BCUT2D eigenvalue weighted by atomic mass is 19.1. The van der Waals surface area contributed by atoms with Crippen LogP contribution in [0, 0.1) is 5.82 Å². The van der Waals surface area contributed by atoms with Crippen molar-refractivity contribution in [3.63, 3.8) is 0 Å². The van der Waals surface area contributed by atoms with Crippen LogP contribution in [0.25, 0.3) is 0 Å². The van der Waals surface area contributed by atoms with Gasteiger partial charge in [-0.05, 0) is 35.6 Å². The first-order valence-corrected chi connectivity index (χ1v) is 4.83. The maximum absolute atomic E-state index is 13.5. The highest BCUT2D eigenvalue weighted by Gasteiger charge is 2.32. The van der Waals surface area contributed by atoms with E-state index in [9.17, 15) is 9.18 Å². The monoisotopic (exact) mass is 209 g/mol. The molecule has 0 saturated carbocycles. The van der Waals surface area contributed by atoms with Crippen molar-refractivity contribution in [1.29, 1.82) is 0 Å². The number of carboxylic acid groups (broad SMARTS) is 1. The summed E-state index contributed by atoms with van der Waals surface area (Å²) in [6, 6.07) is 2.13. The summed E-state index contributed by atoms with van der Waals surface area (Å²) in [6.45, 7) is 1.86. The molecular weight excluding hydrogens is 197 g/mol. The van der Waals surface area contributed by atoms with Crippen LogP contribution in [0.3, 0.4) is 0 Å². The van der Waals surface area contributed by atoms with E-state index in [0.29, 0.717) is 17.5 Å². The molecule has 3 N–H and O–H groups in total. The fourth-order valence-corrected chi connectivity index (χ4v) is 2.31. The lowest BCUT2D eigenvalue weighted by atomic mass is 9.98. The van der Waals surface area contributed by atoms with Crippen molar-refractivity contribution in [2.24, 2.45) is 5.73 Å². The maximum atomic E-state index is 13.5. The molecule has 4 heteroatoms. The van der Waals surface area contributed by atoms with Gasteiger partial charge in [0.05, 0.1) is 5.56 Å². The Morgan fingerprint density at radius 3 is 2.80 bits per heavy atom. The van der Waals surface area contributed by atoms with Crippen molar-refractivity contribution in [1.82, 2.24) is 0 Å². The second kappa shape index (κ2) is 3.31. The van der Waals surface area contributed by atoms with Crippen LogP contribution in [0.5, 0.6) is 0 Å². The number of hydrogen-bond donors (Lipinski definition) is 2. The standard InChI is InChI=1S/C11H12FNO2/c1-5-4-8(13)10-6(11(14)15)2-3-7(12)9(5)10/h2-3,5,8H,4,13H2,1H3,(H,14,15)/t5-,8-/m1/s1. The molecule has 0 aliphatic heterocycles. The molecule has 1 aromatic rings. The lowest BCUT2D eigenvalue weighted by Gasteiger charge is -2.09. The molecule has 2 rings (SSSR count). The molecule has 0 saturated heterocycles. The third kappa shape index (κ3) is 1.41. The summed E-state index contributed by atoms with van der Waals surface area (Å²) in [5, 5.41) is 8.97. The second-order valence-corrected chi connectivity index (χ2v) is 3.97. The van der Waals surface area contributed by atoms with Gasteiger partial charge in [0.2, 0.25) is 0 Å². The quantitative estimate of drug-likeness (QED) is 0.743. The van der Waals surface area contributed by atoms with E-state index in [0.717, 1.165) is 0 Å². The van der Waals surface area contributed by atoms with Crippen LogP contribution in [0.4, 0.5) is 4.39 Å². The van der Waals surface area contributed by atoms with Crippen molar-refractivity contribution in [3.05, 3.63) is 34.6 Å². The van der Waals surface area contributed by atoms with Crippen LogP contribution >= 0.6 is 0 Å². The highest BCUT2D eigenvalue weighted by molar-refractivity contribution is 5.90. The number of nitrogens with two attached hydrogens (primary N) is 1. The van der Waals surface area contributed by atoms with Gasteiger partial charge in [-0.2, -0.15) is 0 Å². The first kappa shape index (κ1) is 10.1. The molecule has 2 atom stereocenters. The van der Waals surface area contributed by atoms with Crippen LogP contribution < -0.4 is 5.73 Å². The molecule has 1 aromatic carbocycles. The van der Waals surface area contributed by atoms with Crippen LogP contribution in [-0.4, -0.2) is 11.1 Å². The van der Waals surface area contributed by atoms with E-state index in [1.165, 1.54) is 12.1 Å². The van der Waals surface area contributed by atoms with Crippen molar-refractivity contribution in [2.45, 2.75) is 25.3 Å². The summed E-state index contributed by atoms with van der Waals surface area (Å²) in [4.78, 5) is 10.9. The Hall–Kier alpha value is -1.42. The Balaban J connectivity index is 2.70. The molecular formula is C11H12FNO2. The molecule has 3 nitrogen and oxygen atoms in total. The van der Waals surface area contributed by atoms with E-state index in [1.807, 2.05) is 6.92 Å². The van der Waals surface area contributed by atoms with Gasteiger partial charge in [0.1, 0.15) is 5.82 Å². The fraction of sp³-hybridized carbons (Fsp3) is 0.364. The minimum Gasteiger partial charge on any atom is -0.478 e. The number of benzene rings is 1. The largest absolute Gasteiger partial charge is 0.478 e. The Morgan fingerprint density at radius 2 is 2.20 bits per heavy atom. The lowest BCUT2D eigenvalue weighted by Crippen LogP contribution is -2.12. The summed E-state index contributed by atoms with van der Waals surface area (Å²) in [5.41, 5.74) is 6.88. The van der Waals surface area contributed by atoms with E-state index >= 15 is 0 Å². The number of hydrogen-bond acceptors (Lipinski definition) is 2. The number of fused-ring (bicyclic) bond motifs is 1. The normalized spacial score (nSPS) is 23.9. The smallest absolute Gasteiger partial charge is 0.336 e. The minimum absolute atomic E-state index is 0.00528. The van der Waals surface area contributed by atoms with Gasteiger partial charge in [-0.3, -0.25) is 0 Å². The average molecular weight is 209 g/mol. The molecule has 0 unspecified atom stereocenters. The third-order valence-electron chi connectivity index (χ3n) is 2.94. The van der Waals surface area contributed by atoms with Gasteiger partial charge >= 0.3 is 5.97 Å². The Morgan fingerprint density at radius 1 is 1.53 bits per heavy atom. The number of carbonyl (C=O) groups is 1. The molecule has 0 aromatic heterocycles. The summed E-state index contributed by atoms with van der Waals surface area (Å²) >= 11 is 0. The number of halogens is 1. The molecule has 0 radical (unpaired) electrons. The summed E-state index contributed by atoms with van der Waals surface area (Å²) in [6.07, 6.45) is 0.608. The van der Waals surface area contributed by atoms with Crippen molar-refractivity contribution >= 4 is 5.97 Å². The fourth-order valence-electron chi connectivity index (χ4n) is 2.31. The predicted molar refractivity (Wildman–Crippen MR) is 53.3 cm³/mol. The molecule has 80 valence electrons. The van der Waals surface area contributed by atoms with Gasteiger partial charge < -0.3 is 10.8 Å². The molecule has 1 aliphatic carbocycles. The summed E-state index contributed by atoms with van der Waals surface area (Å²) in [7, 11) is 0. The van der Waals surface area contributed by atoms with E-state index in [2.05, 4.69) is 0 Å². The van der Waals surface area contributed by atoms with E-state index in [4.69, 9.17) is 10.8 Å². The molecule has 0 bridgehead atoms. The summed E-state index contributed by atoms with van der Waals surface area (Å²) < 4.78 is 13.5. The Bertz CT molecular complexity index is 431. The zero-order valence-corrected chi connectivity index (χ0v) is 8.33. The van der Waals surface area contributed by atoms with Gasteiger partial charge in [0, 0.05) is 6.04 Å². The zero-order chi connectivity index (χ0) is 11.2. The first-order chi connectivity index (χ1) is 7.02. The molecule has 0 spiro atoms. The average Bonchev–Trinajstić information content (AvgIpc) is 2.43. The van der Waals surface area contributed by atoms with Crippen molar-refractivity contribution in [3.8, 4) is 0 Å². The second-order valence-electron chi connectivity index (χ2n) is 3.97. The molecule has 0 fully saturated rings. The highest BCUT2D eigenvalue weighted by Crippen LogP contribution is 2.41. The van der Waals surface area contributed by atoms with E-state index in [-0.39, 0.29) is 23.3 Å². The van der Waals surface area contributed by atoms with Crippen LogP contribution in [0.1, 0.15) is 46.8 Å². The predicted octanol–water partition coefficient (Wildman–Crippen LogP) is 2.03. The van der Waals surface area contributed by atoms with Gasteiger partial charge in [-0.25, -0.2) is 9.18 Å². The van der Waals surface area contributed by atoms with Crippen LogP contribution in [0.15, 0.2) is 12.1 Å². The number of aromatic carboxylic acids is 1. The third-order valence-corrected chi connectivity index (χ3v) is 2.94. The number of rotatable bonds is 1. The van der Waals surface area contributed by atoms with Crippen molar-refractivity contribution in [2.75, 3.05) is 0 Å². The van der Waals surface area contributed by atoms with Gasteiger partial charge in [0.25, 0.3) is 0 Å². The maximum Gasteiger partial charge on any atom is 0.336 e. The zero-order valence-electron chi connectivity index (χ0n) is 8.33. The van der Waals surface area contributed by atoms with E-state index < -0.39 is 5.97 Å². The van der Waals surface area contributed by atoms with Crippen molar-refractivity contribution < 1.29 is 14.3 Å². The lowest BCUT2D eigenvalue weighted by molar-refractivity contribution is 0.0695. The SMILES string of the molecule is C[C@@H]1C[C@@H](N)c2c(C(=O)O)ccc(F)c21. The van der Waals surface area contributed by atoms with Gasteiger partial charge in [-0.15, -0.1) is 0 Å². The topological polar surface area (TPSA) is 63.3 Å².